The van der Waals surface area contributed by atoms with Crippen LogP contribution in [0, 0.1) is 0 Å². The van der Waals surface area contributed by atoms with Crippen LogP contribution in [0.4, 0.5) is 0 Å². The van der Waals surface area contributed by atoms with Crippen LogP contribution in [0.15, 0.2) is 30.3 Å². The van der Waals surface area contributed by atoms with Gasteiger partial charge in [-0.05, 0) is 18.4 Å². The Labute approximate surface area is 128 Å². The molecule has 0 saturated carbocycles. The molecule has 0 radical (unpaired) electrons. The van der Waals surface area contributed by atoms with Crippen LogP contribution in [0.2, 0.25) is 0 Å². The van der Waals surface area contributed by atoms with Crippen LogP contribution < -0.4 is 9.80 Å². The number of benzene rings is 1. The van der Waals surface area contributed by atoms with Gasteiger partial charge in [0.2, 0.25) is 0 Å². The normalized spacial score (nSPS) is 33.8. The van der Waals surface area contributed by atoms with E-state index in [0.717, 1.165) is 19.0 Å². The van der Waals surface area contributed by atoms with Crippen LogP contribution in [0.3, 0.4) is 0 Å². The van der Waals surface area contributed by atoms with Crippen LogP contribution in [-0.2, 0) is 6.42 Å². The van der Waals surface area contributed by atoms with Crippen LogP contribution in [-0.4, -0.2) is 50.0 Å². The number of quaternary nitrogens is 2. The maximum Gasteiger partial charge on any atom is 0.104 e. The Morgan fingerprint density at radius 3 is 2.48 bits per heavy atom. The zero-order valence-corrected chi connectivity index (χ0v) is 13.1. The van der Waals surface area contributed by atoms with Gasteiger partial charge < -0.3 is 14.9 Å². The lowest BCUT2D eigenvalue weighted by molar-refractivity contribution is -0.962. The molecule has 2 aliphatic rings. The number of likely N-dealkylation sites (tertiary alicyclic amines) is 2. The van der Waals surface area contributed by atoms with Gasteiger partial charge >= 0.3 is 0 Å². The molecule has 3 rings (SSSR count). The van der Waals surface area contributed by atoms with Crippen molar-refractivity contribution >= 4 is 0 Å². The number of piperidine rings is 2. The van der Waals surface area contributed by atoms with Gasteiger partial charge in [0.25, 0.3) is 0 Å². The molecule has 3 heteroatoms. The fraction of sp³-hybridized carbons (Fsp3) is 0.667. The van der Waals surface area contributed by atoms with Crippen molar-refractivity contribution in [3.8, 4) is 0 Å². The number of rotatable bonds is 4. The monoisotopic (exact) mass is 290 g/mol. The molecule has 21 heavy (non-hydrogen) atoms. The molecule has 116 valence electrons. The molecule has 0 aromatic heterocycles. The van der Waals surface area contributed by atoms with Gasteiger partial charge in [-0.3, -0.25) is 0 Å². The van der Waals surface area contributed by atoms with E-state index in [2.05, 4.69) is 30.3 Å². The number of hydrogen-bond acceptors (Lipinski definition) is 1. The average molecular weight is 290 g/mol. The Morgan fingerprint density at radius 1 is 1.00 bits per heavy atom. The van der Waals surface area contributed by atoms with E-state index in [0.29, 0.717) is 0 Å². The summed E-state index contributed by atoms with van der Waals surface area (Å²) in [6.45, 7) is 6.17. The van der Waals surface area contributed by atoms with Crippen molar-refractivity contribution < 1.29 is 14.9 Å². The predicted molar refractivity (Wildman–Crippen MR) is 84.7 cm³/mol. The molecule has 2 atom stereocenters. The summed E-state index contributed by atoms with van der Waals surface area (Å²) in [5.41, 5.74) is 1.47. The Hall–Kier alpha value is -0.900. The molecule has 0 aliphatic carbocycles. The lowest BCUT2D eigenvalue weighted by Gasteiger charge is -2.37. The van der Waals surface area contributed by atoms with Crippen molar-refractivity contribution in [3.63, 3.8) is 0 Å². The van der Waals surface area contributed by atoms with Gasteiger partial charge in [-0.1, -0.05) is 30.3 Å². The van der Waals surface area contributed by atoms with Crippen LogP contribution in [0.25, 0.3) is 0 Å². The summed E-state index contributed by atoms with van der Waals surface area (Å²) in [7, 11) is 0. The summed E-state index contributed by atoms with van der Waals surface area (Å²) in [6, 6.07) is 11.7. The van der Waals surface area contributed by atoms with E-state index in [-0.39, 0.29) is 6.10 Å². The second-order valence-corrected chi connectivity index (χ2v) is 6.92. The average Bonchev–Trinajstić information content (AvgIpc) is 2.54. The minimum Gasteiger partial charge on any atom is -0.387 e. The first-order valence-corrected chi connectivity index (χ1v) is 8.71. The standard InChI is InChI=1S/C18H28N2O/c21-18-7-4-11-20(15-18)17-9-13-19(14-10-17)12-8-16-5-2-1-3-6-16/h1-3,5-6,17-18,21H,4,7-15H2/p+2/t18-/m0/s1. The van der Waals surface area contributed by atoms with E-state index in [9.17, 15) is 5.11 Å². The minimum absolute atomic E-state index is 0.0443. The van der Waals surface area contributed by atoms with Gasteiger partial charge in [0.15, 0.2) is 0 Å². The predicted octanol–water partition coefficient (Wildman–Crippen LogP) is -0.684. The summed E-state index contributed by atoms with van der Waals surface area (Å²) in [4.78, 5) is 3.45. The number of hydrogen-bond donors (Lipinski definition) is 3. The van der Waals surface area contributed by atoms with Crippen molar-refractivity contribution in [1.29, 1.82) is 0 Å². The zero-order valence-electron chi connectivity index (χ0n) is 13.1. The molecule has 2 aliphatic heterocycles. The molecular formula is C18H30N2O+2. The molecular weight excluding hydrogens is 260 g/mol. The molecule has 0 spiro atoms. The second kappa shape index (κ2) is 7.39. The van der Waals surface area contributed by atoms with E-state index in [1.807, 2.05) is 0 Å². The van der Waals surface area contributed by atoms with E-state index in [1.54, 1.807) is 9.80 Å². The molecule has 3 N–H and O–H groups in total. The maximum atomic E-state index is 9.85. The molecule has 0 bridgehead atoms. The summed E-state index contributed by atoms with van der Waals surface area (Å²) >= 11 is 0. The minimum atomic E-state index is -0.0443. The van der Waals surface area contributed by atoms with Gasteiger partial charge in [0, 0.05) is 19.3 Å². The first kappa shape index (κ1) is 15.0. The van der Waals surface area contributed by atoms with E-state index < -0.39 is 0 Å². The highest BCUT2D eigenvalue weighted by atomic mass is 16.3. The number of aliphatic hydroxyl groups is 1. The Bertz CT molecular complexity index is 414. The summed E-state index contributed by atoms with van der Waals surface area (Å²) < 4.78 is 0. The highest BCUT2D eigenvalue weighted by Crippen LogP contribution is 2.03. The zero-order chi connectivity index (χ0) is 14.5. The molecule has 1 aromatic rings. The lowest BCUT2D eigenvalue weighted by atomic mass is 9.98. The highest BCUT2D eigenvalue weighted by molar-refractivity contribution is 5.14. The van der Waals surface area contributed by atoms with Crippen LogP contribution in [0.5, 0.6) is 0 Å². The van der Waals surface area contributed by atoms with Gasteiger partial charge in [-0.2, -0.15) is 0 Å². The first-order valence-electron chi connectivity index (χ1n) is 8.71. The smallest absolute Gasteiger partial charge is 0.104 e. The SMILES string of the molecule is O[C@H]1CCC[NH+](C2CC[NH+](CCc3ccccc3)CC2)C1. The molecule has 2 saturated heterocycles. The number of nitrogens with one attached hydrogen (secondary N) is 2. The molecule has 2 fully saturated rings. The summed E-state index contributed by atoms with van der Waals surface area (Å²) in [5, 5.41) is 9.85. The first-order chi connectivity index (χ1) is 10.3. The third kappa shape index (κ3) is 4.29. The lowest BCUT2D eigenvalue weighted by Crippen LogP contribution is -3.21. The van der Waals surface area contributed by atoms with Crippen LogP contribution >= 0.6 is 0 Å². The fourth-order valence-electron chi connectivity index (χ4n) is 4.09. The summed E-state index contributed by atoms with van der Waals surface area (Å²) in [6.07, 6.45) is 6.06. The Morgan fingerprint density at radius 2 is 1.76 bits per heavy atom. The third-order valence-corrected chi connectivity index (χ3v) is 5.41. The number of aliphatic hydroxyl groups excluding tert-OH is 1. The fourth-order valence-corrected chi connectivity index (χ4v) is 4.09. The van der Waals surface area contributed by atoms with Crippen molar-refractivity contribution in [3.05, 3.63) is 35.9 Å². The topological polar surface area (TPSA) is 29.1 Å². The van der Waals surface area contributed by atoms with Gasteiger partial charge in [-0.15, -0.1) is 0 Å². The quantitative estimate of drug-likeness (QED) is 0.674. The van der Waals surface area contributed by atoms with Crippen molar-refractivity contribution in [1.82, 2.24) is 0 Å². The van der Waals surface area contributed by atoms with Gasteiger partial charge in [0.05, 0.1) is 32.2 Å². The van der Waals surface area contributed by atoms with Gasteiger partial charge in [0.1, 0.15) is 12.6 Å². The van der Waals surface area contributed by atoms with Crippen molar-refractivity contribution in [2.45, 2.75) is 44.2 Å². The van der Waals surface area contributed by atoms with E-state index in [1.165, 1.54) is 57.4 Å². The van der Waals surface area contributed by atoms with Crippen molar-refractivity contribution in [2.75, 3.05) is 32.7 Å². The van der Waals surface area contributed by atoms with Crippen molar-refractivity contribution in [2.24, 2.45) is 0 Å². The van der Waals surface area contributed by atoms with E-state index >= 15 is 0 Å². The van der Waals surface area contributed by atoms with E-state index in [4.69, 9.17) is 0 Å². The van der Waals surface area contributed by atoms with Gasteiger partial charge in [-0.25, -0.2) is 0 Å². The molecule has 0 amide bonds. The Kier molecular flexibility index (Phi) is 5.28. The Balaban J connectivity index is 1.40. The molecule has 2 heterocycles. The van der Waals surface area contributed by atoms with Crippen LogP contribution in [0.1, 0.15) is 31.2 Å². The maximum absolute atomic E-state index is 9.85. The second-order valence-electron chi connectivity index (χ2n) is 6.92. The molecule has 1 aromatic carbocycles. The third-order valence-electron chi connectivity index (χ3n) is 5.41. The summed E-state index contributed by atoms with van der Waals surface area (Å²) in [5.74, 6) is 0. The largest absolute Gasteiger partial charge is 0.387 e. The highest BCUT2D eigenvalue weighted by Gasteiger charge is 2.32. The molecule has 3 nitrogen and oxygen atoms in total. The molecule has 1 unspecified atom stereocenters.